The first-order valence-corrected chi connectivity index (χ1v) is 18.2. The molecule has 0 saturated heterocycles. The quantitative estimate of drug-likeness (QED) is 0.0280. The third kappa shape index (κ3) is 32.9. The normalized spacial score (nSPS) is 12.9. The zero-order valence-corrected chi connectivity index (χ0v) is 30.6. The van der Waals surface area contributed by atoms with Gasteiger partial charge in [0.15, 0.2) is 6.29 Å². The molecule has 3 nitrogen and oxygen atoms in total. The number of ether oxygens (including phenoxy) is 1. The van der Waals surface area contributed by atoms with Crippen molar-refractivity contribution in [1.29, 1.82) is 0 Å². The Kier molecular flexibility index (Phi) is 38.4. The molecule has 0 aromatic carbocycles. The monoisotopic (exact) mass is 589 g/mol. The zero-order valence-electron chi connectivity index (χ0n) is 29.6. The largest absolute Gasteiger partial charge is 1.00 e. The van der Waals surface area contributed by atoms with E-state index in [1.165, 1.54) is 154 Å². The SMILES string of the molecule is CCCCCCCC/C=C\CCCCCCC(CCCCCCCCCCCCCCCC)C(=O)OC(O)CC.[H-].[Na+]. The van der Waals surface area contributed by atoms with Gasteiger partial charge in [0.2, 0.25) is 0 Å². The van der Waals surface area contributed by atoms with Crippen LogP contribution in [0.1, 0.15) is 208 Å². The number of hydrogen-bond acceptors (Lipinski definition) is 3. The number of esters is 1. The fraction of sp³-hybridized carbons (Fsp3) is 0.919. The first kappa shape index (κ1) is 43.3. The molecule has 0 aliphatic heterocycles. The number of carbonyl (C=O) groups excluding carboxylic acids is 1. The first-order chi connectivity index (χ1) is 19.7. The van der Waals surface area contributed by atoms with Gasteiger partial charge in [-0.1, -0.05) is 174 Å². The van der Waals surface area contributed by atoms with Gasteiger partial charge in [-0.05, 0) is 38.5 Å². The molecule has 41 heavy (non-hydrogen) atoms. The van der Waals surface area contributed by atoms with E-state index in [-0.39, 0.29) is 42.9 Å². The average molecular weight is 589 g/mol. The topological polar surface area (TPSA) is 46.5 Å². The Labute approximate surface area is 281 Å². The predicted molar refractivity (Wildman–Crippen MR) is 177 cm³/mol. The van der Waals surface area contributed by atoms with Gasteiger partial charge in [-0.2, -0.15) is 0 Å². The molecule has 0 saturated carbocycles. The molecule has 1 N–H and O–H groups in total. The van der Waals surface area contributed by atoms with E-state index in [1.54, 1.807) is 0 Å². The van der Waals surface area contributed by atoms with E-state index in [9.17, 15) is 9.90 Å². The number of unbranched alkanes of at least 4 members (excludes halogenated alkanes) is 23. The minimum atomic E-state index is -0.950. The van der Waals surface area contributed by atoms with E-state index >= 15 is 0 Å². The van der Waals surface area contributed by atoms with Gasteiger partial charge in [-0.3, -0.25) is 4.79 Å². The maximum absolute atomic E-state index is 12.7. The van der Waals surface area contributed by atoms with Gasteiger partial charge >= 0.3 is 35.5 Å². The van der Waals surface area contributed by atoms with Crippen molar-refractivity contribution < 1.29 is 45.6 Å². The summed E-state index contributed by atoms with van der Waals surface area (Å²) in [6.07, 6.45) is 40.4. The minimum Gasteiger partial charge on any atom is -1.00 e. The molecular formula is C37H73NaO3. The van der Waals surface area contributed by atoms with Crippen LogP contribution in [-0.4, -0.2) is 17.4 Å². The predicted octanol–water partition coefficient (Wildman–Crippen LogP) is 9.51. The van der Waals surface area contributed by atoms with E-state index in [0.717, 1.165) is 25.7 Å². The van der Waals surface area contributed by atoms with Crippen LogP contribution < -0.4 is 29.6 Å². The summed E-state index contributed by atoms with van der Waals surface area (Å²) in [7, 11) is 0. The third-order valence-corrected chi connectivity index (χ3v) is 8.41. The summed E-state index contributed by atoms with van der Waals surface area (Å²) in [5.41, 5.74) is 0. The van der Waals surface area contributed by atoms with Crippen molar-refractivity contribution in [1.82, 2.24) is 0 Å². The standard InChI is InChI=1S/C37H72O3.Na.H/c1-4-7-9-11-13-15-17-19-21-23-25-27-29-31-33-35(37(39)40-36(38)6-3)34-32-30-28-26-24-22-20-18-16-14-12-10-8-5-2;;/h19,21,35-36,38H,4-18,20,22-34H2,1-3H3;;/q;+1;-1/b21-19-;;. The second-order valence-electron chi connectivity index (χ2n) is 12.4. The average Bonchev–Trinajstić information content (AvgIpc) is 2.96. The van der Waals surface area contributed by atoms with Crippen molar-refractivity contribution in [2.24, 2.45) is 5.92 Å². The third-order valence-electron chi connectivity index (χ3n) is 8.41. The number of hydrogen-bond donors (Lipinski definition) is 1. The Bertz CT molecular complexity index is 543. The number of allylic oxidation sites excluding steroid dienone is 2. The molecule has 0 heterocycles. The molecule has 0 radical (unpaired) electrons. The number of rotatable bonds is 32. The van der Waals surface area contributed by atoms with Crippen molar-refractivity contribution in [2.45, 2.75) is 213 Å². The van der Waals surface area contributed by atoms with Gasteiger partial charge in [0.25, 0.3) is 0 Å². The van der Waals surface area contributed by atoms with E-state index in [1.807, 2.05) is 6.92 Å². The molecule has 0 aliphatic rings. The fourth-order valence-corrected chi connectivity index (χ4v) is 5.56. The summed E-state index contributed by atoms with van der Waals surface area (Å²) in [6.45, 7) is 6.41. The number of aliphatic hydroxyl groups is 1. The molecule has 0 aromatic rings. The van der Waals surface area contributed by atoms with Gasteiger partial charge < -0.3 is 11.3 Å². The van der Waals surface area contributed by atoms with Gasteiger partial charge in [-0.15, -0.1) is 0 Å². The summed E-state index contributed by atoms with van der Waals surface area (Å²) >= 11 is 0. The molecule has 2 unspecified atom stereocenters. The molecule has 0 fully saturated rings. The summed E-state index contributed by atoms with van der Waals surface area (Å²) in [4.78, 5) is 12.7. The molecule has 0 aliphatic carbocycles. The first-order valence-electron chi connectivity index (χ1n) is 18.2. The molecule has 4 heteroatoms. The van der Waals surface area contributed by atoms with Crippen LogP contribution in [0, 0.1) is 5.92 Å². The fourth-order valence-electron chi connectivity index (χ4n) is 5.56. The molecule has 0 aromatic heterocycles. The number of carbonyl (C=O) groups is 1. The van der Waals surface area contributed by atoms with Crippen molar-refractivity contribution in [2.75, 3.05) is 0 Å². The Hall–Kier alpha value is 0.170. The molecule has 0 bridgehead atoms. The van der Waals surface area contributed by atoms with Crippen LogP contribution in [0.5, 0.6) is 0 Å². The summed E-state index contributed by atoms with van der Waals surface area (Å²) in [6, 6.07) is 0. The van der Waals surface area contributed by atoms with Gasteiger partial charge in [0, 0.05) is 6.42 Å². The minimum absolute atomic E-state index is 0. The second kappa shape index (κ2) is 36.4. The second-order valence-corrected chi connectivity index (χ2v) is 12.4. The van der Waals surface area contributed by atoms with E-state index in [0.29, 0.717) is 6.42 Å². The smallest absolute Gasteiger partial charge is 1.00 e. The Morgan fingerprint density at radius 2 is 0.878 bits per heavy atom. The summed E-state index contributed by atoms with van der Waals surface area (Å²) < 4.78 is 5.31. The van der Waals surface area contributed by atoms with E-state index in [2.05, 4.69) is 26.0 Å². The maximum Gasteiger partial charge on any atom is 1.00 e. The van der Waals surface area contributed by atoms with Crippen LogP contribution in [0.4, 0.5) is 0 Å². The molecule has 2 atom stereocenters. The van der Waals surface area contributed by atoms with Crippen LogP contribution in [0.15, 0.2) is 12.2 Å². The van der Waals surface area contributed by atoms with Crippen LogP contribution in [0.25, 0.3) is 0 Å². The Morgan fingerprint density at radius 1 is 0.561 bits per heavy atom. The van der Waals surface area contributed by atoms with E-state index < -0.39 is 6.29 Å². The summed E-state index contributed by atoms with van der Waals surface area (Å²) in [5, 5.41) is 9.82. The van der Waals surface area contributed by atoms with Crippen molar-refractivity contribution in [3.63, 3.8) is 0 Å². The van der Waals surface area contributed by atoms with Crippen molar-refractivity contribution >= 4 is 5.97 Å². The van der Waals surface area contributed by atoms with Crippen LogP contribution in [0.2, 0.25) is 0 Å². The Morgan fingerprint density at radius 3 is 1.22 bits per heavy atom. The van der Waals surface area contributed by atoms with Crippen molar-refractivity contribution in [3.8, 4) is 0 Å². The maximum atomic E-state index is 12.7. The molecule has 0 rings (SSSR count). The van der Waals surface area contributed by atoms with Gasteiger partial charge in [0.1, 0.15) is 0 Å². The summed E-state index contributed by atoms with van der Waals surface area (Å²) in [5.74, 6) is -0.225. The van der Waals surface area contributed by atoms with E-state index in [4.69, 9.17) is 4.74 Å². The molecular weight excluding hydrogens is 515 g/mol. The van der Waals surface area contributed by atoms with Crippen molar-refractivity contribution in [3.05, 3.63) is 12.2 Å². The zero-order chi connectivity index (χ0) is 29.4. The van der Waals surface area contributed by atoms with Gasteiger partial charge in [-0.25, -0.2) is 0 Å². The molecule has 0 spiro atoms. The Balaban J connectivity index is -0.00000760. The van der Waals surface area contributed by atoms with Crippen LogP contribution >= 0.6 is 0 Å². The van der Waals surface area contributed by atoms with Crippen LogP contribution in [0.3, 0.4) is 0 Å². The molecule has 240 valence electrons. The molecule has 0 amide bonds. The van der Waals surface area contributed by atoms with Crippen LogP contribution in [-0.2, 0) is 9.53 Å². The van der Waals surface area contributed by atoms with Gasteiger partial charge in [0.05, 0.1) is 5.92 Å². The number of aliphatic hydroxyl groups excluding tert-OH is 1.